The van der Waals surface area contributed by atoms with Crippen molar-refractivity contribution in [3.63, 3.8) is 0 Å². The zero-order valence-electron chi connectivity index (χ0n) is 14.2. The predicted octanol–water partition coefficient (Wildman–Crippen LogP) is 1.78. The summed E-state index contributed by atoms with van der Waals surface area (Å²) in [6.45, 7) is 1.13. The van der Waals surface area contributed by atoms with Crippen LogP contribution in [0.3, 0.4) is 0 Å². The molecule has 0 aliphatic carbocycles. The molecule has 1 fully saturated rings. The van der Waals surface area contributed by atoms with Crippen LogP contribution in [0.25, 0.3) is 0 Å². The second-order valence-electron chi connectivity index (χ2n) is 5.67. The average Bonchev–Trinajstić information content (AvgIpc) is 2.65. The van der Waals surface area contributed by atoms with Gasteiger partial charge in [-0.05, 0) is 37.1 Å². The highest BCUT2D eigenvalue weighted by molar-refractivity contribution is 5.96. The van der Waals surface area contributed by atoms with Crippen molar-refractivity contribution in [2.45, 2.75) is 18.9 Å². The van der Waals surface area contributed by atoms with E-state index in [0.717, 1.165) is 0 Å². The number of rotatable bonds is 3. The van der Waals surface area contributed by atoms with Crippen molar-refractivity contribution in [2.24, 2.45) is 0 Å². The van der Waals surface area contributed by atoms with Crippen LogP contribution in [0.5, 0.6) is 0 Å². The van der Waals surface area contributed by atoms with Gasteiger partial charge in [-0.2, -0.15) is 0 Å². The Hall–Kier alpha value is -2.57. The van der Waals surface area contributed by atoms with E-state index < -0.39 is 5.97 Å². The van der Waals surface area contributed by atoms with Gasteiger partial charge < -0.3 is 19.3 Å². The van der Waals surface area contributed by atoms with Gasteiger partial charge >= 0.3 is 12.1 Å². The molecule has 1 aromatic rings. The van der Waals surface area contributed by atoms with Gasteiger partial charge in [0.15, 0.2) is 0 Å². The number of carbonyl (C=O) groups is 3. The lowest BCUT2D eigenvalue weighted by Gasteiger charge is -2.36. The number of ether oxygens (including phenoxy) is 2. The fourth-order valence-corrected chi connectivity index (χ4v) is 2.80. The highest BCUT2D eigenvalue weighted by Gasteiger charge is 2.28. The van der Waals surface area contributed by atoms with Gasteiger partial charge in [0.1, 0.15) is 0 Å². The van der Waals surface area contributed by atoms with Crippen LogP contribution in [0.15, 0.2) is 24.3 Å². The largest absolute Gasteiger partial charge is 0.465 e. The Balaban J connectivity index is 1.97. The summed E-state index contributed by atoms with van der Waals surface area (Å²) in [6.07, 6.45) is 1.08. The molecule has 7 nitrogen and oxygen atoms in total. The Labute approximate surface area is 141 Å². The third-order valence-corrected chi connectivity index (χ3v) is 4.32. The zero-order valence-corrected chi connectivity index (χ0v) is 14.2. The van der Waals surface area contributed by atoms with Gasteiger partial charge in [-0.3, -0.25) is 4.79 Å². The summed E-state index contributed by atoms with van der Waals surface area (Å²) < 4.78 is 9.35. The third-order valence-electron chi connectivity index (χ3n) is 4.32. The maximum atomic E-state index is 12.6. The lowest BCUT2D eigenvalue weighted by atomic mass is 10.0. The number of hydrogen-bond acceptors (Lipinski definition) is 5. The number of hydrogen-bond donors (Lipinski definition) is 0. The monoisotopic (exact) mass is 334 g/mol. The van der Waals surface area contributed by atoms with E-state index >= 15 is 0 Å². The summed E-state index contributed by atoms with van der Waals surface area (Å²) in [5.74, 6) is -0.541. The summed E-state index contributed by atoms with van der Waals surface area (Å²) in [7, 11) is 4.44. The zero-order chi connectivity index (χ0) is 17.7. The molecular weight excluding hydrogens is 312 g/mol. The number of benzene rings is 1. The molecule has 24 heavy (non-hydrogen) atoms. The van der Waals surface area contributed by atoms with Crippen molar-refractivity contribution in [1.82, 2.24) is 9.80 Å². The maximum absolute atomic E-state index is 12.6. The van der Waals surface area contributed by atoms with Gasteiger partial charge in [0, 0.05) is 31.7 Å². The lowest BCUT2D eigenvalue weighted by Crippen LogP contribution is -2.47. The van der Waals surface area contributed by atoms with Crippen LogP contribution < -0.4 is 0 Å². The molecule has 1 aromatic carbocycles. The molecule has 0 atom stereocenters. The van der Waals surface area contributed by atoms with Gasteiger partial charge in [0.25, 0.3) is 5.91 Å². The standard InChI is InChI=1S/C17H22N2O5/c1-18(14-8-10-19(11-9-14)17(22)24-3)15(20)12-4-6-13(7-5-12)16(21)23-2/h4-7,14H,8-11H2,1-3H3. The van der Waals surface area contributed by atoms with Crippen LogP contribution in [0, 0.1) is 0 Å². The Morgan fingerprint density at radius 1 is 1.00 bits per heavy atom. The molecule has 2 amide bonds. The minimum atomic E-state index is -0.433. The molecule has 7 heteroatoms. The quantitative estimate of drug-likeness (QED) is 0.788. The van der Waals surface area contributed by atoms with Crippen LogP contribution in [0.4, 0.5) is 4.79 Å². The van der Waals surface area contributed by atoms with E-state index in [2.05, 4.69) is 4.74 Å². The number of carbonyl (C=O) groups excluding carboxylic acids is 3. The second-order valence-corrected chi connectivity index (χ2v) is 5.67. The first-order valence-electron chi connectivity index (χ1n) is 7.76. The SMILES string of the molecule is COC(=O)c1ccc(C(=O)N(C)C2CCN(C(=O)OC)CC2)cc1. The maximum Gasteiger partial charge on any atom is 0.409 e. The van der Waals surface area contributed by atoms with Crippen LogP contribution in [0.1, 0.15) is 33.6 Å². The highest BCUT2D eigenvalue weighted by atomic mass is 16.5. The first-order valence-corrected chi connectivity index (χ1v) is 7.76. The van der Waals surface area contributed by atoms with Crippen molar-refractivity contribution in [2.75, 3.05) is 34.4 Å². The van der Waals surface area contributed by atoms with Crippen molar-refractivity contribution in [1.29, 1.82) is 0 Å². The van der Waals surface area contributed by atoms with Gasteiger partial charge in [-0.25, -0.2) is 9.59 Å². The fourth-order valence-electron chi connectivity index (χ4n) is 2.80. The summed E-state index contributed by atoms with van der Waals surface area (Å²) >= 11 is 0. The van der Waals surface area contributed by atoms with Crippen LogP contribution in [-0.2, 0) is 9.47 Å². The van der Waals surface area contributed by atoms with Gasteiger partial charge in [0.2, 0.25) is 0 Å². The summed E-state index contributed by atoms with van der Waals surface area (Å²) in [6, 6.07) is 6.46. The highest BCUT2D eigenvalue weighted by Crippen LogP contribution is 2.18. The molecule has 1 heterocycles. The molecule has 2 rings (SSSR count). The molecule has 0 bridgehead atoms. The minimum Gasteiger partial charge on any atom is -0.465 e. The van der Waals surface area contributed by atoms with E-state index in [1.54, 1.807) is 41.1 Å². The summed E-state index contributed by atoms with van der Waals surface area (Å²) in [5.41, 5.74) is 0.920. The number of amides is 2. The normalized spacial score (nSPS) is 14.9. The molecule has 0 spiro atoms. The van der Waals surface area contributed by atoms with Crippen molar-refractivity contribution < 1.29 is 23.9 Å². The Bertz CT molecular complexity index is 606. The van der Waals surface area contributed by atoms with Crippen molar-refractivity contribution in [3.05, 3.63) is 35.4 Å². The molecule has 0 N–H and O–H groups in total. The van der Waals surface area contributed by atoms with Crippen LogP contribution in [-0.4, -0.2) is 68.2 Å². The van der Waals surface area contributed by atoms with E-state index in [9.17, 15) is 14.4 Å². The molecular formula is C17H22N2O5. The number of likely N-dealkylation sites (tertiary alicyclic amines) is 1. The fraction of sp³-hybridized carbons (Fsp3) is 0.471. The van der Waals surface area contributed by atoms with E-state index in [1.165, 1.54) is 14.2 Å². The molecule has 0 radical (unpaired) electrons. The number of methoxy groups -OCH3 is 2. The van der Waals surface area contributed by atoms with Crippen LogP contribution in [0.2, 0.25) is 0 Å². The number of esters is 1. The molecule has 1 aliphatic heterocycles. The average molecular weight is 334 g/mol. The summed E-state index contributed by atoms with van der Waals surface area (Å²) in [4.78, 5) is 38.8. The first kappa shape index (κ1) is 17.8. The molecule has 0 saturated carbocycles. The predicted molar refractivity (Wildman–Crippen MR) is 86.9 cm³/mol. The van der Waals surface area contributed by atoms with E-state index in [1.807, 2.05) is 0 Å². The van der Waals surface area contributed by atoms with Gasteiger partial charge in [0.05, 0.1) is 19.8 Å². The first-order chi connectivity index (χ1) is 11.5. The van der Waals surface area contributed by atoms with Crippen LogP contribution >= 0.6 is 0 Å². The third kappa shape index (κ3) is 3.84. The molecule has 0 unspecified atom stereocenters. The molecule has 1 saturated heterocycles. The second kappa shape index (κ2) is 7.81. The minimum absolute atomic E-state index is 0.0682. The smallest absolute Gasteiger partial charge is 0.409 e. The van der Waals surface area contributed by atoms with Gasteiger partial charge in [-0.15, -0.1) is 0 Å². The number of nitrogens with zero attached hydrogens (tertiary/aromatic N) is 2. The number of piperidine rings is 1. The van der Waals surface area contributed by atoms with Gasteiger partial charge in [-0.1, -0.05) is 0 Å². The Morgan fingerprint density at radius 2 is 1.54 bits per heavy atom. The van der Waals surface area contributed by atoms with Crippen molar-refractivity contribution in [3.8, 4) is 0 Å². The summed E-state index contributed by atoms with van der Waals surface area (Å²) in [5, 5.41) is 0. The topological polar surface area (TPSA) is 76.2 Å². The molecule has 1 aliphatic rings. The van der Waals surface area contributed by atoms with Crippen molar-refractivity contribution >= 4 is 18.0 Å². The lowest BCUT2D eigenvalue weighted by molar-refractivity contribution is 0.0593. The Morgan fingerprint density at radius 3 is 2.04 bits per heavy atom. The Kier molecular flexibility index (Phi) is 5.78. The van der Waals surface area contributed by atoms with E-state index in [4.69, 9.17) is 4.74 Å². The molecule has 130 valence electrons. The van der Waals surface area contributed by atoms with E-state index in [0.29, 0.717) is 37.1 Å². The molecule has 0 aromatic heterocycles. The van der Waals surface area contributed by atoms with E-state index in [-0.39, 0.29) is 18.0 Å².